The first kappa shape index (κ1) is 67.9. The number of anilines is 6. The molecule has 0 atom stereocenters. The quantitative estimate of drug-likeness (QED) is 0.127. The van der Waals surface area contributed by atoms with E-state index in [0.29, 0.717) is 0 Å². The van der Waals surface area contributed by atoms with Gasteiger partial charge in [-0.1, -0.05) is 246 Å². The van der Waals surface area contributed by atoms with Crippen molar-refractivity contribution in [3.8, 4) is 22.3 Å². The molecule has 0 fully saturated rings. The zero-order valence-electron chi connectivity index (χ0n) is 68.6. The molecule has 0 saturated heterocycles. The Labute approximate surface area is 676 Å². The zero-order valence-corrected chi connectivity index (χ0v) is 68.6. The minimum Gasteiger partial charge on any atom is -0.456 e. The molecule has 20 aromatic rings. The molecule has 0 bridgehead atoms. The van der Waals surface area contributed by atoms with Gasteiger partial charge in [-0.25, -0.2) is 0 Å². The van der Waals surface area contributed by atoms with Gasteiger partial charge in [0.15, 0.2) is 0 Å². The van der Waals surface area contributed by atoms with Gasteiger partial charge in [0.25, 0.3) is 0 Å². The minimum atomic E-state index is -0.378. The Morgan fingerprint density at radius 3 is 1.26 bits per heavy atom. The normalized spacial score (nSPS) is 14.0. The summed E-state index contributed by atoms with van der Waals surface area (Å²) in [6.45, 7) is 35.3. The van der Waals surface area contributed by atoms with E-state index in [2.05, 4.69) is 371 Å². The molecule has 4 aliphatic rings. The van der Waals surface area contributed by atoms with Gasteiger partial charge in [0.05, 0.1) is 0 Å². The lowest BCUT2D eigenvalue weighted by molar-refractivity contribution is 0.517. The van der Waals surface area contributed by atoms with Crippen molar-refractivity contribution in [3.63, 3.8) is 0 Å². The number of fused-ring (bicyclic) bond motifs is 26. The second-order valence-corrected chi connectivity index (χ2v) is 38.2. The Morgan fingerprint density at radius 1 is 0.302 bits per heavy atom. The highest BCUT2D eigenvalue weighted by atomic mass is 16.3. The van der Waals surface area contributed by atoms with Crippen molar-refractivity contribution in [2.24, 2.45) is 0 Å². The predicted octanol–water partition coefficient (Wildman–Crippen LogP) is 26.8. The number of aryl methyl sites for hydroxylation is 4. The summed E-state index contributed by atoms with van der Waals surface area (Å²) in [6, 6.07) is 96.5. The number of aromatic nitrogens is 2. The first-order valence-corrected chi connectivity index (χ1v) is 41.7. The van der Waals surface area contributed by atoms with Crippen LogP contribution >= 0.6 is 0 Å². The summed E-state index contributed by atoms with van der Waals surface area (Å²) in [4.78, 5) is 5.33. The number of hydrogen-bond donors (Lipinski definition) is 0. The first-order chi connectivity index (χ1) is 55.8. The minimum absolute atomic E-state index is 0.120. The molecule has 6 nitrogen and oxygen atoms in total. The standard InChI is InChI=1S/C108H88B2N4O2/c1-58-69-28-16-19-31-72(69)61(4)83-54-91-86(51-80(58)83)109-100-93(56-96-97(77-34-22-25-41-95(77)115-96)98(100)78-37-26-35-75-73-32-20-23-39-88(73)113(109)102(75)78)112(91)68-49-65(107(11,12)13)46-66(50-68)108(14,15)57-62-42-43-89-84(44-62)76-36-27-38-79-99-101-92(55-85-74-33-21-24-40-94(74)116-104(85)99)111(67-47-63(105(5,6)7)45-64(48-67)106(8,9)10)90-53-82-60(3)71-30-18-17-29-70(71)59(2)81(82)52-87(90)110(101)114(89)103(76)79/h16-56H,57H2,1-15H3. The molecule has 116 heavy (non-hydrogen) atoms. The predicted molar refractivity (Wildman–Crippen MR) is 496 cm³/mol. The van der Waals surface area contributed by atoms with Crippen LogP contribution in [0.1, 0.15) is 126 Å². The van der Waals surface area contributed by atoms with Crippen molar-refractivity contribution >= 4 is 200 Å². The fourth-order valence-corrected chi connectivity index (χ4v) is 22.0. The number of hydrogen-bond acceptors (Lipinski definition) is 4. The second kappa shape index (κ2) is 22.9. The molecular weight excluding hydrogens is 1410 g/mol. The zero-order chi connectivity index (χ0) is 78.7. The van der Waals surface area contributed by atoms with Crippen LogP contribution in [0.25, 0.3) is 153 Å². The number of furan rings is 2. The van der Waals surface area contributed by atoms with E-state index in [1.54, 1.807) is 0 Å². The van der Waals surface area contributed by atoms with Gasteiger partial charge in [-0.05, 0) is 249 Å². The van der Waals surface area contributed by atoms with Gasteiger partial charge in [-0.2, -0.15) is 0 Å². The van der Waals surface area contributed by atoms with Crippen LogP contribution in [-0.2, 0) is 28.1 Å². The summed E-state index contributed by atoms with van der Waals surface area (Å²) in [5, 5.41) is 19.9. The van der Waals surface area contributed by atoms with Gasteiger partial charge in [-0.15, -0.1) is 0 Å². The van der Waals surface area contributed by atoms with Crippen LogP contribution in [0, 0.1) is 27.7 Å². The summed E-state index contributed by atoms with van der Waals surface area (Å²) >= 11 is 0. The average Bonchev–Trinajstić information content (AvgIpc) is 1.43. The van der Waals surface area contributed by atoms with Gasteiger partial charge in [-0.3, -0.25) is 0 Å². The van der Waals surface area contributed by atoms with Gasteiger partial charge < -0.3 is 27.6 Å². The summed E-state index contributed by atoms with van der Waals surface area (Å²) in [7, 11) is 0. The highest BCUT2D eigenvalue weighted by molar-refractivity contribution is 6.91. The Kier molecular flexibility index (Phi) is 13.4. The fourth-order valence-electron chi connectivity index (χ4n) is 22.0. The van der Waals surface area contributed by atoms with E-state index in [1.807, 2.05) is 0 Å². The molecule has 0 radical (unpaired) electrons. The number of rotatable bonds is 5. The van der Waals surface area contributed by atoms with E-state index in [9.17, 15) is 0 Å². The van der Waals surface area contributed by atoms with Crippen molar-refractivity contribution < 1.29 is 8.83 Å². The van der Waals surface area contributed by atoms with E-state index in [-0.39, 0.29) is 35.4 Å². The molecule has 0 amide bonds. The molecule has 0 spiro atoms. The third-order valence-electron chi connectivity index (χ3n) is 27.9. The van der Waals surface area contributed by atoms with Crippen LogP contribution < -0.4 is 31.7 Å². The van der Waals surface area contributed by atoms with E-state index in [1.165, 1.54) is 209 Å². The largest absolute Gasteiger partial charge is 0.456 e. The van der Waals surface area contributed by atoms with Gasteiger partial charge >= 0.3 is 13.7 Å². The van der Waals surface area contributed by atoms with Crippen molar-refractivity contribution in [2.45, 2.75) is 132 Å². The number of para-hydroxylation sites is 5. The number of benzene rings is 16. The average molecular weight is 1500 g/mol. The summed E-state index contributed by atoms with van der Waals surface area (Å²) < 4.78 is 20.0. The van der Waals surface area contributed by atoms with Crippen molar-refractivity contribution in [1.29, 1.82) is 0 Å². The van der Waals surface area contributed by atoms with Crippen LogP contribution in [0.3, 0.4) is 0 Å². The van der Waals surface area contributed by atoms with Gasteiger partial charge in [0, 0.05) is 122 Å². The summed E-state index contributed by atoms with van der Waals surface area (Å²) in [6.07, 6.45) is 0.791. The molecule has 16 aromatic carbocycles. The van der Waals surface area contributed by atoms with Crippen LogP contribution in [-0.4, -0.2) is 22.7 Å². The van der Waals surface area contributed by atoms with E-state index in [4.69, 9.17) is 8.83 Å². The monoisotopic (exact) mass is 1490 g/mol. The molecular formula is C108H88B2N4O2. The fraction of sp³-hybridized carbons (Fsp3) is 0.185. The molecule has 0 N–H and O–H groups in total. The van der Waals surface area contributed by atoms with Crippen molar-refractivity contribution in [2.75, 3.05) is 9.80 Å². The Balaban J connectivity index is 0.727. The Bertz CT molecular complexity index is 7890. The Morgan fingerprint density at radius 2 is 0.716 bits per heavy atom. The lowest BCUT2D eigenvalue weighted by Gasteiger charge is -2.42. The maximum Gasteiger partial charge on any atom is 0.333 e. The van der Waals surface area contributed by atoms with Gasteiger partial charge in [0.2, 0.25) is 0 Å². The summed E-state index contributed by atoms with van der Waals surface area (Å²) in [5.74, 6) is 0. The molecule has 8 heterocycles. The maximum atomic E-state index is 7.36. The molecule has 0 saturated carbocycles. The first-order valence-electron chi connectivity index (χ1n) is 41.7. The SMILES string of the molecule is Cc1c2ccccc2c(C)c2cc3c(cc12)B1c2c(cc4c(oc5ccccc54)c2-c2cccc4c5cc(CC(C)(C)c6cc(N7c8cc9c(C)c%10ccccc%10c(C)c9cc8B8c9c7cc7oc%10ccccc%10c7c9-c7cccc9c%10ccccc%10n8c79)cc(C(C)(C)C)c6)ccc5n1c24)N3c1cc(C(C)(C)C)cc(C(C)(C)C)c1. The molecule has 4 aliphatic heterocycles. The third kappa shape index (κ3) is 9.05. The highest BCUT2D eigenvalue weighted by Gasteiger charge is 2.48. The Hall–Kier alpha value is -12.5. The van der Waals surface area contributed by atoms with E-state index in [0.717, 1.165) is 56.3 Å². The molecule has 8 heteroatoms. The van der Waals surface area contributed by atoms with Crippen LogP contribution in [0.15, 0.2) is 258 Å². The molecule has 4 aromatic heterocycles. The molecule has 0 unspecified atom stereocenters. The van der Waals surface area contributed by atoms with Crippen LogP contribution in [0.4, 0.5) is 34.1 Å². The molecule has 24 rings (SSSR count). The van der Waals surface area contributed by atoms with Gasteiger partial charge in [0.1, 0.15) is 22.3 Å². The number of nitrogens with zero attached hydrogens (tertiary/aromatic N) is 4. The van der Waals surface area contributed by atoms with E-state index < -0.39 is 0 Å². The lowest BCUT2D eigenvalue weighted by Crippen LogP contribution is -2.56. The molecule has 558 valence electrons. The smallest absolute Gasteiger partial charge is 0.333 e. The maximum absolute atomic E-state index is 7.36. The van der Waals surface area contributed by atoms with E-state index >= 15 is 0 Å². The van der Waals surface area contributed by atoms with Crippen molar-refractivity contribution in [3.05, 3.63) is 299 Å². The second-order valence-electron chi connectivity index (χ2n) is 38.2. The highest BCUT2D eigenvalue weighted by Crippen LogP contribution is 2.55. The summed E-state index contributed by atoms with van der Waals surface area (Å²) in [5.41, 5.74) is 36.5. The lowest BCUT2D eigenvalue weighted by atomic mass is 9.44. The van der Waals surface area contributed by atoms with Crippen molar-refractivity contribution in [1.82, 2.24) is 8.96 Å². The molecule has 0 aliphatic carbocycles. The third-order valence-corrected chi connectivity index (χ3v) is 27.9. The van der Waals surface area contributed by atoms with Crippen LogP contribution in [0.2, 0.25) is 0 Å². The van der Waals surface area contributed by atoms with Crippen LogP contribution in [0.5, 0.6) is 0 Å². The topological polar surface area (TPSA) is 42.6 Å².